The van der Waals surface area contributed by atoms with Gasteiger partial charge in [0, 0.05) is 17.6 Å². The molecule has 0 amide bonds. The van der Waals surface area contributed by atoms with Crippen molar-refractivity contribution < 1.29 is 5.11 Å². The van der Waals surface area contributed by atoms with Gasteiger partial charge in [-0.3, -0.25) is 0 Å². The van der Waals surface area contributed by atoms with Crippen molar-refractivity contribution in [1.29, 1.82) is 0 Å². The Hall–Kier alpha value is -1.22. The van der Waals surface area contributed by atoms with Gasteiger partial charge in [-0.1, -0.05) is 35.9 Å². The van der Waals surface area contributed by atoms with Crippen molar-refractivity contribution in [1.82, 2.24) is 5.32 Å². The van der Waals surface area contributed by atoms with Crippen molar-refractivity contribution in [3.05, 3.63) is 64.7 Å². The fourth-order valence-corrected chi connectivity index (χ4v) is 2.03. The van der Waals surface area contributed by atoms with Gasteiger partial charge < -0.3 is 10.4 Å². The number of hydrogen-bond acceptors (Lipinski definition) is 2. The zero-order valence-corrected chi connectivity index (χ0v) is 12.2. The summed E-state index contributed by atoms with van der Waals surface area (Å²) in [6.07, 6.45) is 0. The van der Waals surface area contributed by atoms with Crippen LogP contribution in [0.2, 0.25) is 5.02 Å². The maximum Gasteiger partial charge on any atom is 0.115 e. The Kier molecular flexibility index (Phi) is 6.16. The highest BCUT2D eigenvalue weighted by Crippen LogP contribution is 2.18. The quantitative estimate of drug-likeness (QED) is 0.881. The molecule has 4 heteroatoms. The van der Waals surface area contributed by atoms with Gasteiger partial charge in [-0.15, -0.1) is 12.4 Å². The van der Waals surface area contributed by atoms with E-state index in [2.05, 4.69) is 12.2 Å². The molecule has 0 spiro atoms. The van der Waals surface area contributed by atoms with Gasteiger partial charge in [-0.2, -0.15) is 0 Å². The number of halogens is 2. The third-order valence-electron chi connectivity index (χ3n) is 2.87. The van der Waals surface area contributed by atoms with Crippen molar-refractivity contribution in [3.63, 3.8) is 0 Å². The molecule has 0 saturated carbocycles. The van der Waals surface area contributed by atoms with Crippen LogP contribution in [0.3, 0.4) is 0 Å². The predicted molar refractivity (Wildman–Crippen MR) is 82.1 cm³/mol. The summed E-state index contributed by atoms with van der Waals surface area (Å²) in [6, 6.07) is 15.3. The van der Waals surface area contributed by atoms with E-state index in [0.29, 0.717) is 12.3 Å². The summed E-state index contributed by atoms with van der Waals surface area (Å²) < 4.78 is 0. The molecule has 0 fully saturated rings. The van der Waals surface area contributed by atoms with E-state index >= 15 is 0 Å². The third-order valence-corrected chi connectivity index (χ3v) is 3.11. The summed E-state index contributed by atoms with van der Waals surface area (Å²) >= 11 is 5.97. The molecule has 0 aliphatic heterocycles. The van der Waals surface area contributed by atoms with Crippen LogP contribution < -0.4 is 5.32 Å². The summed E-state index contributed by atoms with van der Waals surface area (Å²) in [5, 5.41) is 13.5. The number of nitrogens with one attached hydrogen (secondary N) is 1. The van der Waals surface area contributed by atoms with E-state index in [1.54, 1.807) is 12.1 Å². The van der Waals surface area contributed by atoms with Crippen LogP contribution in [-0.4, -0.2) is 5.11 Å². The first-order valence-corrected chi connectivity index (χ1v) is 6.30. The minimum atomic E-state index is 0. The summed E-state index contributed by atoms with van der Waals surface area (Å²) in [5.41, 5.74) is 2.21. The van der Waals surface area contributed by atoms with E-state index in [1.165, 1.54) is 0 Å². The molecule has 102 valence electrons. The smallest absolute Gasteiger partial charge is 0.115 e. The van der Waals surface area contributed by atoms with Gasteiger partial charge in [-0.05, 0) is 42.3 Å². The molecule has 0 radical (unpaired) electrons. The molecule has 0 aliphatic carbocycles. The second-order valence-electron chi connectivity index (χ2n) is 4.33. The maximum absolute atomic E-state index is 9.39. The molecular weight excluding hydrogens is 281 g/mol. The zero-order chi connectivity index (χ0) is 13.0. The predicted octanol–water partition coefficient (Wildman–Crippen LogP) is 4.32. The van der Waals surface area contributed by atoms with E-state index in [4.69, 9.17) is 11.6 Å². The molecule has 2 aromatic rings. The third kappa shape index (κ3) is 4.75. The van der Waals surface area contributed by atoms with Crippen LogP contribution in [-0.2, 0) is 6.54 Å². The van der Waals surface area contributed by atoms with E-state index in [9.17, 15) is 5.11 Å². The van der Waals surface area contributed by atoms with Crippen LogP contribution in [0, 0.1) is 0 Å². The maximum atomic E-state index is 9.39. The molecule has 0 saturated heterocycles. The minimum absolute atomic E-state index is 0. The van der Waals surface area contributed by atoms with Crippen molar-refractivity contribution in [2.75, 3.05) is 0 Å². The van der Waals surface area contributed by atoms with Gasteiger partial charge in [-0.25, -0.2) is 0 Å². The van der Waals surface area contributed by atoms with Crippen LogP contribution >= 0.6 is 24.0 Å². The molecule has 2 aromatic carbocycles. The van der Waals surface area contributed by atoms with Crippen molar-refractivity contribution >= 4 is 24.0 Å². The van der Waals surface area contributed by atoms with E-state index < -0.39 is 0 Å². The molecule has 1 atom stereocenters. The molecule has 0 bridgehead atoms. The van der Waals surface area contributed by atoms with Gasteiger partial charge in [0.15, 0.2) is 0 Å². The molecule has 0 heterocycles. The average Bonchev–Trinajstić information content (AvgIpc) is 2.36. The van der Waals surface area contributed by atoms with Gasteiger partial charge >= 0.3 is 0 Å². The van der Waals surface area contributed by atoms with Crippen molar-refractivity contribution in [2.45, 2.75) is 19.5 Å². The Morgan fingerprint density at radius 1 is 1.16 bits per heavy atom. The number of phenols is 1. The Balaban J connectivity index is 0.00000180. The summed E-state index contributed by atoms with van der Waals surface area (Å²) in [5.74, 6) is 0.296. The minimum Gasteiger partial charge on any atom is -0.508 e. The summed E-state index contributed by atoms with van der Waals surface area (Å²) in [6.45, 7) is 2.80. The first-order valence-electron chi connectivity index (χ1n) is 5.92. The monoisotopic (exact) mass is 297 g/mol. The van der Waals surface area contributed by atoms with Gasteiger partial charge in [0.25, 0.3) is 0 Å². The Morgan fingerprint density at radius 2 is 1.89 bits per heavy atom. The lowest BCUT2D eigenvalue weighted by atomic mass is 10.1. The lowest BCUT2D eigenvalue weighted by Crippen LogP contribution is -2.17. The fourth-order valence-electron chi connectivity index (χ4n) is 1.83. The number of rotatable bonds is 4. The number of benzene rings is 2. The highest BCUT2D eigenvalue weighted by atomic mass is 35.5. The highest BCUT2D eigenvalue weighted by Gasteiger charge is 2.05. The zero-order valence-electron chi connectivity index (χ0n) is 10.6. The number of hydrogen-bond donors (Lipinski definition) is 2. The van der Waals surface area contributed by atoms with Crippen LogP contribution in [0.25, 0.3) is 0 Å². The van der Waals surface area contributed by atoms with E-state index in [0.717, 1.165) is 16.1 Å². The number of aromatic hydroxyl groups is 1. The first kappa shape index (κ1) is 15.8. The molecular formula is C15H17Cl2NO. The summed E-state index contributed by atoms with van der Waals surface area (Å²) in [7, 11) is 0. The van der Waals surface area contributed by atoms with Crippen molar-refractivity contribution in [3.8, 4) is 5.75 Å². The molecule has 19 heavy (non-hydrogen) atoms. The van der Waals surface area contributed by atoms with Crippen LogP contribution in [0.5, 0.6) is 5.75 Å². The lowest BCUT2D eigenvalue weighted by molar-refractivity contribution is 0.473. The molecule has 0 aromatic heterocycles. The van der Waals surface area contributed by atoms with Gasteiger partial charge in [0.1, 0.15) is 5.75 Å². The van der Waals surface area contributed by atoms with Crippen LogP contribution in [0.1, 0.15) is 24.1 Å². The summed E-state index contributed by atoms with van der Waals surface area (Å²) in [4.78, 5) is 0. The second-order valence-corrected chi connectivity index (χ2v) is 4.76. The standard InChI is InChI=1S/C15H16ClNO.ClH/c1-11(13-5-3-6-14(16)9-13)17-10-12-4-2-7-15(18)8-12;/h2-9,11,17-18H,10H2,1H3;1H. The van der Waals surface area contributed by atoms with Gasteiger partial charge in [0.2, 0.25) is 0 Å². The normalized spacial score (nSPS) is 11.7. The Labute approximate surface area is 124 Å². The molecule has 2 nitrogen and oxygen atoms in total. The topological polar surface area (TPSA) is 32.3 Å². The molecule has 2 rings (SSSR count). The lowest BCUT2D eigenvalue weighted by Gasteiger charge is -2.14. The second kappa shape index (κ2) is 7.39. The highest BCUT2D eigenvalue weighted by molar-refractivity contribution is 6.30. The molecule has 2 N–H and O–H groups in total. The molecule has 1 unspecified atom stereocenters. The van der Waals surface area contributed by atoms with Crippen molar-refractivity contribution in [2.24, 2.45) is 0 Å². The fraction of sp³-hybridized carbons (Fsp3) is 0.200. The SMILES string of the molecule is CC(NCc1cccc(O)c1)c1cccc(Cl)c1.Cl. The Morgan fingerprint density at radius 3 is 2.58 bits per heavy atom. The van der Waals surface area contributed by atoms with E-state index in [-0.39, 0.29) is 18.4 Å². The van der Waals surface area contributed by atoms with Gasteiger partial charge in [0.05, 0.1) is 0 Å². The molecule has 0 aliphatic rings. The van der Waals surface area contributed by atoms with E-state index in [1.807, 2.05) is 36.4 Å². The average molecular weight is 298 g/mol. The largest absolute Gasteiger partial charge is 0.508 e. The van der Waals surface area contributed by atoms with Crippen LogP contribution in [0.4, 0.5) is 0 Å². The number of phenolic OH excluding ortho intramolecular Hbond substituents is 1. The first-order chi connectivity index (χ1) is 8.65. The Bertz CT molecular complexity index is 531. The van der Waals surface area contributed by atoms with Crippen LogP contribution in [0.15, 0.2) is 48.5 Å².